The average Bonchev–Trinajstić information content (AvgIpc) is 3.01. The lowest BCUT2D eigenvalue weighted by Gasteiger charge is -2.22. The van der Waals surface area contributed by atoms with Crippen molar-refractivity contribution in [3.8, 4) is 0 Å². The van der Waals surface area contributed by atoms with Crippen LogP contribution in [0.4, 0.5) is 0 Å². The van der Waals surface area contributed by atoms with Gasteiger partial charge in [-0.25, -0.2) is 9.50 Å². The van der Waals surface area contributed by atoms with Gasteiger partial charge in [-0.3, -0.25) is 4.79 Å². The van der Waals surface area contributed by atoms with Gasteiger partial charge in [0.2, 0.25) is 0 Å². The van der Waals surface area contributed by atoms with Gasteiger partial charge in [-0.05, 0) is 44.1 Å². The van der Waals surface area contributed by atoms with Gasteiger partial charge in [0, 0.05) is 36.5 Å². The van der Waals surface area contributed by atoms with E-state index in [4.69, 9.17) is 10.1 Å². The monoisotopic (exact) mass is 410 g/mol. The van der Waals surface area contributed by atoms with Crippen molar-refractivity contribution >= 4 is 11.6 Å². The van der Waals surface area contributed by atoms with Crippen LogP contribution in [0.5, 0.6) is 0 Å². The first-order valence-corrected chi connectivity index (χ1v) is 12.4. The maximum Gasteiger partial charge on any atom is 0.274 e. The molecule has 0 spiro atoms. The van der Waals surface area contributed by atoms with Gasteiger partial charge in [0.1, 0.15) is 0 Å². The number of nitrogens with zero attached hydrogens (tertiary/aromatic N) is 4. The highest BCUT2D eigenvalue weighted by atomic mass is 16.2. The first-order valence-electron chi connectivity index (χ1n) is 12.4. The topological polar surface area (TPSA) is 50.5 Å². The number of likely N-dealkylation sites (tertiary alicyclic amines) is 1. The zero-order chi connectivity index (χ0) is 20.9. The first kappa shape index (κ1) is 21.3. The molecule has 0 atom stereocenters. The van der Waals surface area contributed by atoms with Gasteiger partial charge >= 0.3 is 0 Å². The Hall–Kier alpha value is -1.91. The van der Waals surface area contributed by atoms with Crippen molar-refractivity contribution in [2.45, 2.75) is 96.8 Å². The number of amides is 1. The molecule has 1 aliphatic heterocycles. The Balaban J connectivity index is 1.67. The molecule has 1 aliphatic carbocycles. The molecular formula is C25H38N4O. The Morgan fingerprint density at radius 2 is 1.67 bits per heavy atom. The minimum absolute atomic E-state index is 0.0757. The summed E-state index contributed by atoms with van der Waals surface area (Å²) in [6.07, 6.45) is 14.6. The number of hydrogen-bond acceptors (Lipinski definition) is 3. The molecule has 3 heterocycles. The molecule has 2 fully saturated rings. The molecule has 5 heteroatoms. The summed E-state index contributed by atoms with van der Waals surface area (Å²) in [6.45, 7) is 6.20. The molecule has 1 saturated carbocycles. The van der Waals surface area contributed by atoms with E-state index in [1.54, 1.807) is 0 Å². The number of hydrogen-bond donors (Lipinski definition) is 0. The van der Waals surface area contributed by atoms with Crippen molar-refractivity contribution in [2.75, 3.05) is 13.1 Å². The molecule has 164 valence electrons. The standard InChI is InChI=1S/C25H38N4O/c1-3-20(4-2)23-17-21(16-19-12-8-7-9-13-19)26-24-18-22(27-29(23)24)25(30)28-14-10-5-6-11-15-28/h17-20H,3-16H2,1-2H3. The second kappa shape index (κ2) is 9.93. The van der Waals surface area contributed by atoms with Gasteiger partial charge in [0.25, 0.3) is 5.91 Å². The summed E-state index contributed by atoms with van der Waals surface area (Å²) in [5.74, 6) is 1.28. The van der Waals surface area contributed by atoms with Crippen molar-refractivity contribution in [2.24, 2.45) is 5.92 Å². The van der Waals surface area contributed by atoms with Crippen molar-refractivity contribution in [3.05, 3.63) is 29.2 Å². The van der Waals surface area contributed by atoms with Crippen molar-refractivity contribution in [1.82, 2.24) is 19.5 Å². The Kier molecular flexibility index (Phi) is 7.06. The normalized spacial score (nSPS) is 18.8. The molecule has 1 saturated heterocycles. The summed E-state index contributed by atoms with van der Waals surface area (Å²) in [5.41, 5.74) is 3.82. The van der Waals surface area contributed by atoms with E-state index in [1.165, 1.54) is 56.3 Å². The van der Waals surface area contributed by atoms with E-state index < -0.39 is 0 Å². The SMILES string of the molecule is CCC(CC)c1cc(CC2CCCCC2)nc2cc(C(=O)N3CCCCCC3)nn12. The zero-order valence-electron chi connectivity index (χ0n) is 18.9. The molecule has 1 amide bonds. The van der Waals surface area contributed by atoms with E-state index >= 15 is 0 Å². The summed E-state index contributed by atoms with van der Waals surface area (Å²) in [7, 11) is 0. The number of carbonyl (C=O) groups is 1. The van der Waals surface area contributed by atoms with E-state index in [9.17, 15) is 4.79 Å². The second-order valence-corrected chi connectivity index (χ2v) is 9.40. The van der Waals surface area contributed by atoms with Crippen LogP contribution in [0.25, 0.3) is 5.65 Å². The molecule has 2 aromatic rings. The van der Waals surface area contributed by atoms with Crippen LogP contribution in [0.3, 0.4) is 0 Å². The molecule has 0 bridgehead atoms. The summed E-state index contributed by atoms with van der Waals surface area (Å²) in [5, 5.41) is 4.79. The second-order valence-electron chi connectivity index (χ2n) is 9.40. The molecule has 0 aromatic carbocycles. The molecule has 0 unspecified atom stereocenters. The maximum absolute atomic E-state index is 13.2. The Morgan fingerprint density at radius 1 is 1.00 bits per heavy atom. The van der Waals surface area contributed by atoms with Crippen LogP contribution in [0.1, 0.15) is 112 Å². The highest BCUT2D eigenvalue weighted by molar-refractivity contribution is 5.93. The van der Waals surface area contributed by atoms with E-state index in [1.807, 2.05) is 15.5 Å². The average molecular weight is 411 g/mol. The van der Waals surface area contributed by atoms with Crippen LogP contribution in [0.15, 0.2) is 12.1 Å². The Bertz CT molecular complexity index is 840. The minimum atomic E-state index is 0.0757. The van der Waals surface area contributed by atoms with Crippen LogP contribution < -0.4 is 0 Å². The molecule has 0 N–H and O–H groups in total. The fraction of sp³-hybridized carbons (Fsp3) is 0.720. The van der Waals surface area contributed by atoms with Crippen molar-refractivity contribution in [3.63, 3.8) is 0 Å². The third-order valence-electron chi connectivity index (χ3n) is 7.25. The summed E-state index contributed by atoms with van der Waals surface area (Å²) in [6, 6.07) is 4.22. The molecule has 5 nitrogen and oxygen atoms in total. The highest BCUT2D eigenvalue weighted by Crippen LogP contribution is 2.29. The van der Waals surface area contributed by atoms with Crippen LogP contribution >= 0.6 is 0 Å². The molecule has 0 radical (unpaired) electrons. The molecule has 2 aromatic heterocycles. The minimum Gasteiger partial charge on any atom is -0.337 e. The molecule has 2 aliphatic rings. The van der Waals surface area contributed by atoms with Crippen LogP contribution in [0.2, 0.25) is 0 Å². The van der Waals surface area contributed by atoms with Crippen LogP contribution in [-0.2, 0) is 6.42 Å². The third-order valence-corrected chi connectivity index (χ3v) is 7.25. The van der Waals surface area contributed by atoms with Gasteiger partial charge in [0.15, 0.2) is 11.3 Å². The van der Waals surface area contributed by atoms with Gasteiger partial charge in [-0.2, -0.15) is 5.10 Å². The lowest BCUT2D eigenvalue weighted by Crippen LogP contribution is -2.32. The number of aromatic nitrogens is 3. The largest absolute Gasteiger partial charge is 0.337 e. The van der Waals surface area contributed by atoms with Gasteiger partial charge in [-0.15, -0.1) is 0 Å². The fourth-order valence-corrected chi connectivity index (χ4v) is 5.38. The van der Waals surface area contributed by atoms with Gasteiger partial charge in [0.05, 0.1) is 0 Å². The maximum atomic E-state index is 13.2. The Morgan fingerprint density at radius 3 is 2.33 bits per heavy atom. The smallest absolute Gasteiger partial charge is 0.274 e. The van der Waals surface area contributed by atoms with E-state index in [-0.39, 0.29) is 5.91 Å². The van der Waals surface area contributed by atoms with Gasteiger partial charge in [-0.1, -0.05) is 58.8 Å². The van der Waals surface area contributed by atoms with Gasteiger partial charge < -0.3 is 4.90 Å². The van der Waals surface area contributed by atoms with E-state index in [0.29, 0.717) is 11.6 Å². The van der Waals surface area contributed by atoms with E-state index in [0.717, 1.165) is 56.8 Å². The third kappa shape index (κ3) is 4.70. The van der Waals surface area contributed by atoms with Crippen molar-refractivity contribution in [1.29, 1.82) is 0 Å². The summed E-state index contributed by atoms with van der Waals surface area (Å²) >= 11 is 0. The molecule has 30 heavy (non-hydrogen) atoms. The number of rotatable bonds is 6. The quantitative estimate of drug-likeness (QED) is 0.607. The predicted octanol–water partition coefficient (Wildman–Crippen LogP) is 5.77. The first-order chi connectivity index (χ1) is 14.7. The fourth-order valence-electron chi connectivity index (χ4n) is 5.38. The summed E-state index contributed by atoms with van der Waals surface area (Å²) < 4.78 is 1.97. The predicted molar refractivity (Wildman–Crippen MR) is 121 cm³/mol. The Labute approximate surface area is 181 Å². The van der Waals surface area contributed by atoms with Crippen LogP contribution in [-0.4, -0.2) is 38.5 Å². The number of fused-ring (bicyclic) bond motifs is 1. The summed E-state index contributed by atoms with van der Waals surface area (Å²) in [4.78, 5) is 20.1. The zero-order valence-corrected chi connectivity index (χ0v) is 18.9. The lowest BCUT2D eigenvalue weighted by atomic mass is 9.85. The molecule has 4 rings (SSSR count). The lowest BCUT2D eigenvalue weighted by molar-refractivity contribution is 0.0755. The van der Waals surface area contributed by atoms with Crippen LogP contribution in [0, 0.1) is 5.92 Å². The highest BCUT2D eigenvalue weighted by Gasteiger charge is 2.23. The molecular weight excluding hydrogens is 372 g/mol. The van der Waals surface area contributed by atoms with E-state index in [2.05, 4.69) is 19.9 Å². The van der Waals surface area contributed by atoms with Crippen molar-refractivity contribution < 1.29 is 4.79 Å². The number of carbonyl (C=O) groups excluding carboxylic acids is 1.